The van der Waals surface area contributed by atoms with Crippen molar-refractivity contribution in [1.29, 1.82) is 0 Å². The minimum atomic E-state index is -0.416. The van der Waals surface area contributed by atoms with Crippen LogP contribution in [0.1, 0.15) is 21.8 Å². The zero-order valence-electron chi connectivity index (χ0n) is 5.73. The lowest BCUT2D eigenvalue weighted by molar-refractivity contribution is 0.167. The van der Waals surface area contributed by atoms with Gasteiger partial charge in [0.25, 0.3) is 0 Å². The van der Waals surface area contributed by atoms with E-state index < -0.39 is 6.10 Å². The Kier molecular flexibility index (Phi) is 6.22. The summed E-state index contributed by atoms with van der Waals surface area (Å²) in [5, 5.41) is 16.1. The number of nitrogens with two attached hydrogens (primary N) is 1. The zero-order chi connectivity index (χ0) is 7.56. The van der Waals surface area contributed by atoms with E-state index in [9.17, 15) is 0 Å². The van der Waals surface area contributed by atoms with Gasteiger partial charge in [-0.05, 0) is 6.92 Å². The summed E-state index contributed by atoms with van der Waals surface area (Å²) in [6.45, 7) is 2.11. The Balaban J connectivity index is 0. The van der Waals surface area contributed by atoms with Crippen LogP contribution in [0.25, 0.3) is 0 Å². The van der Waals surface area contributed by atoms with Crippen molar-refractivity contribution in [2.24, 2.45) is 0 Å². The third kappa shape index (κ3) is 3.92. The smallest absolute Gasteiger partial charge is 0.165 e. The number of aliphatic hydroxyl groups excluding tert-OH is 1. The molecule has 5 nitrogen and oxygen atoms in total. The lowest BCUT2D eigenvalue weighted by atomic mass is 10.4. The summed E-state index contributed by atoms with van der Waals surface area (Å²) in [6.07, 6.45) is 1.16. The van der Waals surface area contributed by atoms with Gasteiger partial charge >= 0.3 is 0 Å². The highest BCUT2D eigenvalue weighted by Gasteiger charge is 1.98. The Morgan fingerprint density at radius 1 is 1.67 bits per heavy atom. The van der Waals surface area contributed by atoms with Crippen molar-refractivity contribution in [3.8, 4) is 0 Å². The van der Waals surface area contributed by atoms with E-state index >= 15 is 0 Å². The van der Waals surface area contributed by atoms with Crippen LogP contribution in [0.15, 0.2) is 6.20 Å². The van der Waals surface area contributed by atoms with E-state index in [4.69, 9.17) is 10.8 Å². The minimum Gasteiger partial charge on any atom is -0.391 e. The highest BCUT2D eigenvalue weighted by molar-refractivity contribution is 5.19. The first kappa shape index (κ1) is 13.5. The number of rotatable bonds is 2. The van der Waals surface area contributed by atoms with Crippen LogP contribution >= 0.6 is 0 Å². The van der Waals surface area contributed by atoms with E-state index in [0.29, 0.717) is 12.4 Å². The topological polar surface area (TPSA) is 77.0 Å². The second kappa shape index (κ2) is 5.54. The maximum absolute atomic E-state index is 8.89. The summed E-state index contributed by atoms with van der Waals surface area (Å²) in [6, 6.07) is 0. The molecule has 0 saturated heterocycles. The van der Waals surface area contributed by atoms with Gasteiger partial charge in [0, 0.05) is 0 Å². The SMILES string of the molecule is C.C.CC(O)Cn1cc(N)nn1. The summed E-state index contributed by atoms with van der Waals surface area (Å²) in [7, 11) is 0. The van der Waals surface area contributed by atoms with E-state index in [0.717, 1.165) is 0 Å². The van der Waals surface area contributed by atoms with E-state index in [1.165, 1.54) is 4.68 Å². The minimum absolute atomic E-state index is 0. The Morgan fingerprint density at radius 2 is 2.25 bits per heavy atom. The van der Waals surface area contributed by atoms with Gasteiger partial charge in [-0.1, -0.05) is 20.1 Å². The van der Waals surface area contributed by atoms with Crippen molar-refractivity contribution in [3.05, 3.63) is 6.20 Å². The number of hydrogen-bond acceptors (Lipinski definition) is 4. The van der Waals surface area contributed by atoms with Crippen LogP contribution in [-0.4, -0.2) is 26.2 Å². The molecule has 0 saturated carbocycles. The monoisotopic (exact) mass is 174 g/mol. The number of nitrogen functional groups attached to an aromatic ring is 1. The zero-order valence-corrected chi connectivity index (χ0v) is 5.73. The molecule has 72 valence electrons. The van der Waals surface area contributed by atoms with Crippen molar-refractivity contribution in [2.75, 3.05) is 5.73 Å². The van der Waals surface area contributed by atoms with Crippen molar-refractivity contribution in [2.45, 2.75) is 34.4 Å². The molecule has 0 amide bonds. The fraction of sp³-hybridized carbons (Fsp3) is 0.714. The van der Waals surface area contributed by atoms with Gasteiger partial charge in [-0.25, -0.2) is 4.68 Å². The predicted molar refractivity (Wildman–Crippen MR) is 49.6 cm³/mol. The quantitative estimate of drug-likeness (QED) is 0.685. The van der Waals surface area contributed by atoms with Gasteiger partial charge < -0.3 is 10.8 Å². The van der Waals surface area contributed by atoms with E-state index in [2.05, 4.69) is 10.3 Å². The Labute approximate surface area is 73.2 Å². The van der Waals surface area contributed by atoms with E-state index in [1.807, 2.05) is 0 Å². The molecule has 5 heteroatoms. The Morgan fingerprint density at radius 3 is 2.58 bits per heavy atom. The molecule has 1 rings (SSSR count). The number of nitrogens with zero attached hydrogens (tertiary/aromatic N) is 3. The van der Waals surface area contributed by atoms with Gasteiger partial charge in [0.05, 0.1) is 18.8 Å². The molecule has 1 heterocycles. The van der Waals surface area contributed by atoms with Gasteiger partial charge in [-0.3, -0.25) is 0 Å². The molecule has 0 aliphatic carbocycles. The summed E-state index contributed by atoms with van der Waals surface area (Å²) in [4.78, 5) is 0. The molecule has 12 heavy (non-hydrogen) atoms. The standard InChI is InChI=1S/C5H10N4O.2CH4/c1-4(10)2-9-3-5(6)7-8-9;;/h3-4,10H,2,6H2,1H3;2*1H4. The molecule has 0 aromatic carbocycles. The average molecular weight is 174 g/mol. The molecule has 3 N–H and O–H groups in total. The highest BCUT2D eigenvalue weighted by Crippen LogP contribution is 1.93. The number of aliphatic hydroxyl groups is 1. The van der Waals surface area contributed by atoms with Crippen LogP contribution in [0.5, 0.6) is 0 Å². The lowest BCUT2D eigenvalue weighted by Gasteiger charge is -2.00. The Bertz CT molecular complexity index is 209. The van der Waals surface area contributed by atoms with Crippen molar-refractivity contribution in [3.63, 3.8) is 0 Å². The van der Waals surface area contributed by atoms with E-state index in [1.54, 1.807) is 13.1 Å². The highest BCUT2D eigenvalue weighted by atomic mass is 16.3. The molecule has 1 atom stereocenters. The van der Waals surface area contributed by atoms with Gasteiger partial charge in [0.2, 0.25) is 0 Å². The van der Waals surface area contributed by atoms with Crippen molar-refractivity contribution >= 4 is 5.82 Å². The predicted octanol–water partition coefficient (Wildman–Crippen LogP) is 0.513. The molecular formula is C7H18N4O. The molecule has 0 aliphatic rings. The van der Waals surface area contributed by atoms with Crippen LogP contribution in [0.2, 0.25) is 0 Å². The molecule has 1 aromatic rings. The summed E-state index contributed by atoms with van der Waals surface area (Å²) in [5.41, 5.74) is 5.28. The maximum atomic E-state index is 8.89. The maximum Gasteiger partial charge on any atom is 0.165 e. The fourth-order valence-corrected chi connectivity index (χ4v) is 0.673. The van der Waals surface area contributed by atoms with Crippen LogP contribution < -0.4 is 5.73 Å². The van der Waals surface area contributed by atoms with E-state index in [-0.39, 0.29) is 14.9 Å². The third-order valence-corrected chi connectivity index (χ3v) is 1.01. The van der Waals surface area contributed by atoms with Crippen LogP contribution in [0.4, 0.5) is 5.82 Å². The number of hydrogen-bond donors (Lipinski definition) is 2. The average Bonchev–Trinajstić information content (AvgIpc) is 2.13. The summed E-state index contributed by atoms with van der Waals surface area (Å²) < 4.78 is 1.50. The molecule has 0 aliphatic heterocycles. The second-order valence-corrected chi connectivity index (χ2v) is 2.21. The largest absolute Gasteiger partial charge is 0.391 e. The first-order valence-corrected chi connectivity index (χ1v) is 3.02. The van der Waals surface area contributed by atoms with Gasteiger partial charge in [-0.15, -0.1) is 5.10 Å². The number of anilines is 1. The third-order valence-electron chi connectivity index (χ3n) is 1.01. The Hall–Kier alpha value is -1.10. The van der Waals surface area contributed by atoms with Crippen molar-refractivity contribution < 1.29 is 5.11 Å². The molecule has 0 bridgehead atoms. The normalized spacial score (nSPS) is 11.2. The molecule has 0 radical (unpaired) electrons. The summed E-state index contributed by atoms with van der Waals surface area (Å²) in [5.74, 6) is 0.376. The molecule has 1 aromatic heterocycles. The fourth-order valence-electron chi connectivity index (χ4n) is 0.673. The second-order valence-electron chi connectivity index (χ2n) is 2.21. The molecule has 0 spiro atoms. The molecule has 0 fully saturated rings. The first-order chi connectivity index (χ1) is 4.68. The van der Waals surface area contributed by atoms with Crippen molar-refractivity contribution in [1.82, 2.24) is 15.0 Å². The van der Waals surface area contributed by atoms with Crippen LogP contribution in [-0.2, 0) is 6.54 Å². The lowest BCUT2D eigenvalue weighted by Crippen LogP contribution is -2.11. The van der Waals surface area contributed by atoms with Gasteiger partial charge in [-0.2, -0.15) is 0 Å². The number of aromatic nitrogens is 3. The first-order valence-electron chi connectivity index (χ1n) is 3.02. The molecule has 1 unspecified atom stereocenters. The van der Waals surface area contributed by atoms with Crippen LogP contribution in [0, 0.1) is 0 Å². The summed E-state index contributed by atoms with van der Waals surface area (Å²) >= 11 is 0. The van der Waals surface area contributed by atoms with Gasteiger partial charge in [0.15, 0.2) is 5.82 Å². The molecular weight excluding hydrogens is 156 g/mol. The van der Waals surface area contributed by atoms with Crippen LogP contribution in [0.3, 0.4) is 0 Å². The van der Waals surface area contributed by atoms with Gasteiger partial charge in [0.1, 0.15) is 0 Å².